The van der Waals surface area contributed by atoms with E-state index in [0.29, 0.717) is 18.3 Å². The molecular weight excluding hydrogens is 444 g/mol. The number of anilines is 1. The fraction of sp³-hybridized carbons (Fsp3) is 0.464. The van der Waals surface area contributed by atoms with Gasteiger partial charge in [0.1, 0.15) is 11.5 Å². The SMILES string of the molecule is CCCOc1ccc(OC(=O)Nc2ccc3scc(C4CCC5CCCCN5CC4)c3c2)cc1. The van der Waals surface area contributed by atoms with Crippen molar-refractivity contribution in [1.29, 1.82) is 0 Å². The highest BCUT2D eigenvalue weighted by Crippen LogP contribution is 2.40. The van der Waals surface area contributed by atoms with Gasteiger partial charge in [0.05, 0.1) is 6.61 Å². The minimum Gasteiger partial charge on any atom is -0.494 e. The maximum atomic E-state index is 12.5. The van der Waals surface area contributed by atoms with Crippen LogP contribution in [0, 0.1) is 0 Å². The highest BCUT2D eigenvalue weighted by molar-refractivity contribution is 7.17. The first-order valence-corrected chi connectivity index (χ1v) is 13.5. The van der Waals surface area contributed by atoms with Crippen LogP contribution in [-0.2, 0) is 0 Å². The van der Waals surface area contributed by atoms with E-state index in [1.807, 2.05) is 29.5 Å². The molecule has 2 fully saturated rings. The first-order valence-electron chi connectivity index (χ1n) is 12.7. The van der Waals surface area contributed by atoms with Crippen LogP contribution in [0.15, 0.2) is 47.8 Å². The number of amides is 1. The average Bonchev–Trinajstić information content (AvgIpc) is 3.15. The van der Waals surface area contributed by atoms with Crippen molar-refractivity contribution >= 4 is 33.2 Å². The number of ether oxygens (including phenoxy) is 2. The molecule has 0 saturated carbocycles. The van der Waals surface area contributed by atoms with Gasteiger partial charge in [-0.3, -0.25) is 5.32 Å². The highest BCUT2D eigenvalue weighted by atomic mass is 32.1. The third kappa shape index (κ3) is 5.39. The van der Waals surface area contributed by atoms with Crippen molar-refractivity contribution in [3.8, 4) is 11.5 Å². The van der Waals surface area contributed by atoms with E-state index >= 15 is 0 Å². The molecule has 5 nitrogen and oxygen atoms in total. The van der Waals surface area contributed by atoms with Crippen LogP contribution in [0.3, 0.4) is 0 Å². The fourth-order valence-electron chi connectivity index (χ4n) is 5.37. The summed E-state index contributed by atoms with van der Waals surface area (Å²) in [6.07, 6.45) is 8.35. The number of carbonyl (C=O) groups excluding carboxylic acids is 1. The van der Waals surface area contributed by atoms with Gasteiger partial charge in [0.25, 0.3) is 0 Å². The number of hydrogen-bond acceptors (Lipinski definition) is 5. The van der Waals surface area contributed by atoms with Crippen LogP contribution in [0.4, 0.5) is 10.5 Å². The van der Waals surface area contributed by atoms with Crippen LogP contribution in [0.1, 0.15) is 63.4 Å². The predicted molar refractivity (Wildman–Crippen MR) is 140 cm³/mol. The Bertz CT molecular complexity index is 1090. The Hall–Kier alpha value is -2.57. The summed E-state index contributed by atoms with van der Waals surface area (Å²) in [5, 5.41) is 6.51. The Balaban J connectivity index is 1.25. The molecule has 3 heterocycles. The van der Waals surface area contributed by atoms with Crippen LogP contribution in [0.25, 0.3) is 10.1 Å². The first-order chi connectivity index (χ1) is 16.7. The standard InChI is InChI=1S/C28H34N2O3S/c1-2-17-32-23-9-11-24(12-10-23)33-28(31)29-21-7-13-27-25(18-21)26(19-34-27)20-6-8-22-5-3-4-15-30(22)16-14-20/h7,9-13,18-20,22H,2-6,8,14-17H2,1H3,(H,29,31). The van der Waals surface area contributed by atoms with Crippen LogP contribution in [-0.4, -0.2) is 36.7 Å². The molecular formula is C28H34N2O3S. The topological polar surface area (TPSA) is 50.8 Å². The second-order valence-electron chi connectivity index (χ2n) is 9.48. The zero-order valence-corrected chi connectivity index (χ0v) is 20.7. The predicted octanol–water partition coefficient (Wildman–Crippen LogP) is 7.42. The quantitative estimate of drug-likeness (QED) is 0.400. The van der Waals surface area contributed by atoms with Gasteiger partial charge in [-0.15, -0.1) is 11.3 Å². The lowest BCUT2D eigenvalue weighted by Gasteiger charge is -2.33. The molecule has 0 bridgehead atoms. The molecule has 2 aliphatic rings. The molecule has 2 atom stereocenters. The molecule has 180 valence electrons. The van der Waals surface area contributed by atoms with Crippen molar-refractivity contribution in [2.24, 2.45) is 0 Å². The lowest BCUT2D eigenvalue weighted by Crippen LogP contribution is -2.38. The van der Waals surface area contributed by atoms with E-state index in [0.717, 1.165) is 23.9 Å². The van der Waals surface area contributed by atoms with Crippen molar-refractivity contribution in [2.75, 3.05) is 25.0 Å². The number of nitrogens with zero attached hydrogens (tertiary/aromatic N) is 1. The minimum atomic E-state index is -0.482. The molecule has 0 radical (unpaired) electrons. The summed E-state index contributed by atoms with van der Waals surface area (Å²) in [4.78, 5) is 15.2. The third-order valence-electron chi connectivity index (χ3n) is 7.16. The molecule has 6 heteroatoms. The van der Waals surface area contributed by atoms with Crippen molar-refractivity contribution < 1.29 is 14.3 Å². The lowest BCUT2D eigenvalue weighted by molar-refractivity contribution is 0.151. The van der Waals surface area contributed by atoms with Crippen molar-refractivity contribution in [3.05, 3.63) is 53.4 Å². The molecule has 1 aromatic heterocycles. The maximum Gasteiger partial charge on any atom is 0.417 e. The summed E-state index contributed by atoms with van der Waals surface area (Å²) in [5.41, 5.74) is 2.21. The average molecular weight is 479 g/mol. The number of fused-ring (bicyclic) bond motifs is 2. The molecule has 1 amide bonds. The second kappa shape index (κ2) is 10.8. The van der Waals surface area contributed by atoms with Crippen molar-refractivity contribution in [2.45, 2.75) is 63.8 Å². The Kier molecular flexibility index (Phi) is 7.36. The van der Waals surface area contributed by atoms with Gasteiger partial charge in [-0.1, -0.05) is 13.3 Å². The highest BCUT2D eigenvalue weighted by Gasteiger charge is 2.28. The van der Waals surface area contributed by atoms with E-state index in [-0.39, 0.29) is 0 Å². The largest absolute Gasteiger partial charge is 0.494 e. The first kappa shape index (κ1) is 23.2. The molecule has 2 aliphatic heterocycles. The van der Waals surface area contributed by atoms with Gasteiger partial charge in [0.15, 0.2) is 0 Å². The number of benzene rings is 2. The summed E-state index contributed by atoms with van der Waals surface area (Å²) in [6.45, 7) is 5.22. The molecule has 2 aromatic carbocycles. The van der Waals surface area contributed by atoms with Crippen molar-refractivity contribution in [3.63, 3.8) is 0 Å². The Morgan fingerprint density at radius 3 is 2.74 bits per heavy atom. The summed E-state index contributed by atoms with van der Waals surface area (Å²) in [6, 6.07) is 14.1. The van der Waals surface area contributed by atoms with E-state index < -0.39 is 6.09 Å². The summed E-state index contributed by atoms with van der Waals surface area (Å²) in [7, 11) is 0. The van der Waals surface area contributed by atoms with Gasteiger partial charge in [0.2, 0.25) is 0 Å². The maximum absolute atomic E-state index is 12.5. The number of rotatable bonds is 6. The van der Waals surface area contributed by atoms with Gasteiger partial charge < -0.3 is 14.4 Å². The van der Waals surface area contributed by atoms with Crippen LogP contribution in [0.2, 0.25) is 0 Å². The minimum absolute atomic E-state index is 0.482. The number of nitrogens with one attached hydrogen (secondary N) is 1. The monoisotopic (exact) mass is 478 g/mol. The number of carbonyl (C=O) groups is 1. The van der Waals surface area contributed by atoms with Gasteiger partial charge >= 0.3 is 6.09 Å². The van der Waals surface area contributed by atoms with Gasteiger partial charge in [0, 0.05) is 16.4 Å². The fourth-order valence-corrected chi connectivity index (χ4v) is 6.39. The lowest BCUT2D eigenvalue weighted by atomic mass is 9.90. The molecule has 5 rings (SSSR count). The number of thiophene rings is 1. The molecule has 2 saturated heterocycles. The Labute approximate surface area is 206 Å². The van der Waals surface area contributed by atoms with Crippen LogP contribution in [0.5, 0.6) is 11.5 Å². The van der Waals surface area contributed by atoms with E-state index in [1.54, 1.807) is 12.1 Å². The number of piperidine rings is 1. The van der Waals surface area contributed by atoms with E-state index in [4.69, 9.17) is 9.47 Å². The number of hydrogen-bond donors (Lipinski definition) is 1. The Morgan fingerprint density at radius 2 is 1.88 bits per heavy atom. The molecule has 3 aromatic rings. The summed E-state index contributed by atoms with van der Waals surface area (Å²) >= 11 is 1.81. The van der Waals surface area contributed by atoms with Gasteiger partial charge in [-0.25, -0.2) is 4.79 Å². The van der Waals surface area contributed by atoms with Crippen molar-refractivity contribution in [1.82, 2.24) is 4.90 Å². The van der Waals surface area contributed by atoms with Crippen LogP contribution < -0.4 is 14.8 Å². The zero-order valence-electron chi connectivity index (χ0n) is 19.9. The smallest absolute Gasteiger partial charge is 0.417 e. The van der Waals surface area contributed by atoms with Crippen LogP contribution >= 0.6 is 11.3 Å². The summed E-state index contributed by atoms with van der Waals surface area (Å²) < 4.78 is 12.3. The molecule has 34 heavy (non-hydrogen) atoms. The second-order valence-corrected chi connectivity index (χ2v) is 10.4. The Morgan fingerprint density at radius 1 is 1.03 bits per heavy atom. The summed E-state index contributed by atoms with van der Waals surface area (Å²) in [5.74, 6) is 1.86. The van der Waals surface area contributed by atoms with E-state index in [2.05, 4.69) is 34.7 Å². The zero-order chi connectivity index (χ0) is 23.3. The molecule has 0 aliphatic carbocycles. The van der Waals surface area contributed by atoms with Gasteiger partial charge in [-0.2, -0.15) is 0 Å². The molecule has 0 spiro atoms. The molecule has 1 N–H and O–H groups in total. The normalized spacial score (nSPS) is 21.0. The van der Waals surface area contributed by atoms with E-state index in [1.165, 1.54) is 67.3 Å². The van der Waals surface area contributed by atoms with Gasteiger partial charge in [-0.05, 0) is 116 Å². The van der Waals surface area contributed by atoms with E-state index in [9.17, 15) is 4.79 Å². The molecule has 2 unspecified atom stereocenters. The third-order valence-corrected chi connectivity index (χ3v) is 8.14.